The minimum atomic E-state index is -1.00. The first-order valence-electron chi connectivity index (χ1n) is 6.17. The first-order chi connectivity index (χ1) is 10.1. The highest BCUT2D eigenvalue weighted by molar-refractivity contribution is 7.13. The van der Waals surface area contributed by atoms with Crippen LogP contribution in [0.3, 0.4) is 0 Å². The highest BCUT2D eigenvalue weighted by Gasteiger charge is 2.14. The second-order valence-corrected chi connectivity index (χ2v) is 5.27. The number of carbonyl (C=O) groups excluding carboxylic acids is 1. The normalized spacial score (nSPS) is 10.1. The minimum absolute atomic E-state index is 0.187. The van der Waals surface area contributed by atoms with Gasteiger partial charge >= 0.3 is 12.0 Å². The monoisotopic (exact) mass is 306 g/mol. The second-order valence-electron chi connectivity index (χ2n) is 4.18. The van der Waals surface area contributed by atoms with Crippen LogP contribution in [0, 0.1) is 6.92 Å². The van der Waals surface area contributed by atoms with Crippen LogP contribution in [0.1, 0.15) is 26.1 Å². The van der Waals surface area contributed by atoms with Gasteiger partial charge in [-0.1, -0.05) is 6.07 Å². The summed E-state index contributed by atoms with van der Waals surface area (Å²) in [5, 5.41) is 14.8. The molecule has 0 spiro atoms. The lowest BCUT2D eigenvalue weighted by Crippen LogP contribution is -2.34. The quantitative estimate of drug-likeness (QED) is 0.777. The maximum Gasteiger partial charge on any atom is 0.347 e. The van der Waals surface area contributed by atoms with E-state index in [1.807, 2.05) is 12.1 Å². The fourth-order valence-electron chi connectivity index (χ4n) is 1.62. The SMILES string of the molecule is Cc1nc(CNC(=O)NCc2ccccn2)sc1C(=O)O. The highest BCUT2D eigenvalue weighted by atomic mass is 32.1. The smallest absolute Gasteiger partial charge is 0.347 e. The Kier molecular flexibility index (Phi) is 4.83. The molecular formula is C13H14N4O3S. The molecule has 0 saturated carbocycles. The van der Waals surface area contributed by atoms with Crippen molar-refractivity contribution in [3.05, 3.63) is 45.7 Å². The maximum absolute atomic E-state index is 11.6. The fraction of sp³-hybridized carbons (Fsp3) is 0.231. The van der Waals surface area contributed by atoms with E-state index in [4.69, 9.17) is 5.11 Å². The van der Waals surface area contributed by atoms with Crippen LogP contribution in [0.5, 0.6) is 0 Å². The van der Waals surface area contributed by atoms with Crippen molar-refractivity contribution in [1.29, 1.82) is 0 Å². The standard InChI is InChI=1S/C13H14N4O3S/c1-8-11(12(18)19)21-10(17-8)7-16-13(20)15-6-9-4-2-3-5-14-9/h2-5H,6-7H2,1H3,(H,18,19)(H2,15,16,20). The zero-order valence-electron chi connectivity index (χ0n) is 11.3. The van der Waals surface area contributed by atoms with Crippen LogP contribution < -0.4 is 10.6 Å². The Balaban J connectivity index is 1.81. The van der Waals surface area contributed by atoms with Gasteiger partial charge < -0.3 is 15.7 Å². The van der Waals surface area contributed by atoms with Crippen molar-refractivity contribution in [3.8, 4) is 0 Å². The van der Waals surface area contributed by atoms with Crippen molar-refractivity contribution in [2.24, 2.45) is 0 Å². The number of carbonyl (C=O) groups is 2. The molecule has 8 heteroatoms. The summed E-state index contributed by atoms with van der Waals surface area (Å²) in [5.74, 6) is -1.00. The van der Waals surface area contributed by atoms with Gasteiger partial charge in [-0.15, -0.1) is 11.3 Å². The third kappa shape index (κ3) is 4.25. The fourth-order valence-corrected chi connectivity index (χ4v) is 2.46. The van der Waals surface area contributed by atoms with Crippen LogP contribution in [0.15, 0.2) is 24.4 Å². The molecule has 2 amide bonds. The molecule has 0 aliphatic rings. The topological polar surface area (TPSA) is 104 Å². The van der Waals surface area contributed by atoms with Crippen molar-refractivity contribution in [2.75, 3.05) is 0 Å². The number of urea groups is 1. The van der Waals surface area contributed by atoms with E-state index in [1.165, 1.54) is 0 Å². The molecule has 0 aliphatic carbocycles. The number of rotatable bonds is 5. The van der Waals surface area contributed by atoms with E-state index in [-0.39, 0.29) is 17.5 Å². The molecular weight excluding hydrogens is 292 g/mol. The molecule has 2 rings (SSSR count). The number of pyridine rings is 1. The molecule has 0 atom stereocenters. The van der Waals surface area contributed by atoms with E-state index in [0.717, 1.165) is 17.0 Å². The minimum Gasteiger partial charge on any atom is -0.477 e. The van der Waals surface area contributed by atoms with Gasteiger partial charge in [0.25, 0.3) is 0 Å². The Labute approximate surface area is 125 Å². The van der Waals surface area contributed by atoms with E-state index < -0.39 is 5.97 Å². The Morgan fingerprint density at radius 1 is 1.29 bits per heavy atom. The summed E-state index contributed by atoms with van der Waals surface area (Å²) >= 11 is 1.06. The first-order valence-corrected chi connectivity index (χ1v) is 6.99. The average Bonchev–Trinajstić information content (AvgIpc) is 2.85. The van der Waals surface area contributed by atoms with E-state index in [9.17, 15) is 9.59 Å². The summed E-state index contributed by atoms with van der Waals surface area (Å²) in [5.41, 5.74) is 1.21. The summed E-state index contributed by atoms with van der Waals surface area (Å²) in [6, 6.07) is 5.09. The third-order valence-corrected chi connectivity index (χ3v) is 3.74. The number of aryl methyl sites for hydroxylation is 1. The number of aromatic nitrogens is 2. The maximum atomic E-state index is 11.6. The summed E-state index contributed by atoms with van der Waals surface area (Å²) in [6.07, 6.45) is 1.65. The number of thiazole rings is 1. The number of carboxylic acids is 1. The molecule has 0 bridgehead atoms. The van der Waals surface area contributed by atoms with Gasteiger partial charge in [0.1, 0.15) is 9.88 Å². The van der Waals surface area contributed by atoms with Crippen LogP contribution in [-0.4, -0.2) is 27.1 Å². The molecule has 0 saturated heterocycles. The molecule has 0 aromatic carbocycles. The Bertz CT molecular complexity index is 642. The van der Waals surface area contributed by atoms with Crippen molar-refractivity contribution in [3.63, 3.8) is 0 Å². The molecule has 2 aromatic rings. The molecule has 2 heterocycles. The summed E-state index contributed by atoms with van der Waals surface area (Å²) in [6.45, 7) is 2.14. The predicted molar refractivity (Wildman–Crippen MR) is 77.1 cm³/mol. The Morgan fingerprint density at radius 2 is 2.05 bits per heavy atom. The summed E-state index contributed by atoms with van der Waals surface area (Å²) in [4.78, 5) is 30.9. The lowest BCUT2D eigenvalue weighted by Gasteiger charge is -2.05. The van der Waals surface area contributed by atoms with Gasteiger partial charge in [0.15, 0.2) is 0 Å². The summed E-state index contributed by atoms with van der Waals surface area (Å²) in [7, 11) is 0. The van der Waals surface area contributed by atoms with E-state index in [1.54, 1.807) is 19.2 Å². The zero-order valence-corrected chi connectivity index (χ0v) is 12.1. The molecule has 110 valence electrons. The summed E-state index contributed by atoms with van der Waals surface area (Å²) < 4.78 is 0. The van der Waals surface area contributed by atoms with Crippen LogP contribution in [-0.2, 0) is 13.1 Å². The molecule has 7 nitrogen and oxygen atoms in total. The number of amides is 2. The Morgan fingerprint density at radius 3 is 2.67 bits per heavy atom. The number of hydrogen-bond acceptors (Lipinski definition) is 5. The number of nitrogens with one attached hydrogen (secondary N) is 2. The van der Waals surface area contributed by atoms with Gasteiger partial charge in [0, 0.05) is 6.20 Å². The van der Waals surface area contributed by atoms with E-state index in [2.05, 4.69) is 20.6 Å². The van der Waals surface area contributed by atoms with Crippen LogP contribution in [0.2, 0.25) is 0 Å². The molecule has 0 fully saturated rings. The van der Waals surface area contributed by atoms with Gasteiger partial charge in [-0.05, 0) is 19.1 Å². The van der Waals surface area contributed by atoms with Gasteiger partial charge in [0.2, 0.25) is 0 Å². The predicted octanol–water partition coefficient (Wildman–Crippen LogP) is 1.54. The zero-order chi connectivity index (χ0) is 15.2. The first kappa shape index (κ1) is 14.9. The van der Waals surface area contributed by atoms with Crippen molar-refractivity contribution >= 4 is 23.3 Å². The molecule has 21 heavy (non-hydrogen) atoms. The lowest BCUT2D eigenvalue weighted by molar-refractivity contribution is 0.0701. The van der Waals surface area contributed by atoms with E-state index in [0.29, 0.717) is 17.2 Å². The Hall–Kier alpha value is -2.48. The molecule has 0 unspecified atom stereocenters. The number of carboxylic acid groups (broad SMARTS) is 1. The number of nitrogens with zero attached hydrogens (tertiary/aromatic N) is 2. The second kappa shape index (κ2) is 6.80. The van der Waals surface area contributed by atoms with Crippen LogP contribution in [0.25, 0.3) is 0 Å². The van der Waals surface area contributed by atoms with Crippen LogP contribution in [0.4, 0.5) is 4.79 Å². The average molecular weight is 306 g/mol. The molecule has 0 aliphatic heterocycles. The van der Waals surface area contributed by atoms with Crippen molar-refractivity contribution in [1.82, 2.24) is 20.6 Å². The van der Waals surface area contributed by atoms with Gasteiger partial charge in [-0.3, -0.25) is 4.98 Å². The number of aromatic carboxylic acids is 1. The number of hydrogen-bond donors (Lipinski definition) is 3. The van der Waals surface area contributed by atoms with Crippen molar-refractivity contribution in [2.45, 2.75) is 20.0 Å². The third-order valence-electron chi connectivity index (χ3n) is 2.59. The largest absolute Gasteiger partial charge is 0.477 e. The molecule has 2 aromatic heterocycles. The molecule has 0 radical (unpaired) electrons. The lowest BCUT2D eigenvalue weighted by atomic mass is 10.3. The van der Waals surface area contributed by atoms with Gasteiger partial charge in [-0.2, -0.15) is 0 Å². The van der Waals surface area contributed by atoms with Gasteiger partial charge in [-0.25, -0.2) is 14.6 Å². The molecule has 3 N–H and O–H groups in total. The van der Waals surface area contributed by atoms with Gasteiger partial charge in [0.05, 0.1) is 24.5 Å². The van der Waals surface area contributed by atoms with E-state index >= 15 is 0 Å². The van der Waals surface area contributed by atoms with Crippen molar-refractivity contribution < 1.29 is 14.7 Å². The van der Waals surface area contributed by atoms with Crippen LogP contribution >= 0.6 is 11.3 Å². The highest BCUT2D eigenvalue weighted by Crippen LogP contribution is 2.17.